The first kappa shape index (κ1) is 42.8. The molecule has 306 valence electrons. The second-order valence-corrected chi connectivity index (χ2v) is 16.2. The largest absolute Gasteiger partial charge is 0.507 e. The first-order chi connectivity index (χ1) is 27.0. The van der Waals surface area contributed by atoms with Crippen LogP contribution in [-0.4, -0.2) is 120 Å². The lowest BCUT2D eigenvalue weighted by Gasteiger charge is -2.40. The number of amides is 5. The maximum atomic E-state index is 13.0. The molecule has 5 amide bonds. The Bertz CT molecular complexity index is 1670. The molecule has 0 unspecified atom stereocenters. The van der Waals surface area contributed by atoms with Gasteiger partial charge in [-0.1, -0.05) is 31.2 Å². The SMILES string of the molecule is CCOC(=O)CCC(=O)N1CCC(C2CCN(C(=O)[C@H](C)Cc3ccc(O)c(Br)c3)CC2)CC1.COC(=O)N1CCC(N2CCc3ccccc3NC2=O)CC1. The Kier molecular flexibility index (Phi) is 15.8. The van der Waals surface area contributed by atoms with Crippen molar-refractivity contribution in [2.24, 2.45) is 17.8 Å². The summed E-state index contributed by atoms with van der Waals surface area (Å²) in [4.78, 5) is 68.4. The molecular weight excluding hydrogens is 782 g/mol. The lowest BCUT2D eigenvalue weighted by molar-refractivity contribution is -0.146. The minimum Gasteiger partial charge on any atom is -0.507 e. The van der Waals surface area contributed by atoms with E-state index in [0.29, 0.717) is 49.0 Å². The van der Waals surface area contributed by atoms with Crippen molar-refractivity contribution in [1.29, 1.82) is 0 Å². The average Bonchev–Trinajstić information content (AvgIpc) is 3.39. The number of anilines is 1. The molecule has 0 radical (unpaired) electrons. The second kappa shape index (κ2) is 20.7. The molecule has 2 aromatic rings. The highest BCUT2D eigenvalue weighted by atomic mass is 79.9. The van der Waals surface area contributed by atoms with Crippen LogP contribution in [0.5, 0.6) is 5.75 Å². The standard InChI is InChI=1S/C26H37BrN2O5.C16H21N3O3/c1-3-34-25(32)7-6-24(31)28-12-8-20(9-13-28)21-10-14-29(15-11-21)26(33)18(2)16-19-4-5-23(30)22(27)17-19;1-22-16(21)18-9-7-13(8-10-18)19-11-6-12-4-2-3-5-14(12)17-15(19)20/h4-5,17-18,20-21,30H,3,6-16H2,1-2H3;2-5,13H,6-11H2,1H3,(H,17,20)/t18-;/m1./s1. The van der Waals surface area contributed by atoms with Gasteiger partial charge < -0.3 is 39.5 Å². The first-order valence-electron chi connectivity index (χ1n) is 20.1. The molecule has 0 spiro atoms. The van der Waals surface area contributed by atoms with Gasteiger partial charge in [0.05, 0.1) is 24.6 Å². The zero-order valence-electron chi connectivity index (χ0n) is 33.1. The number of fused-ring (bicyclic) bond motifs is 1. The normalized spacial score (nSPS) is 18.8. The van der Waals surface area contributed by atoms with E-state index in [1.165, 1.54) is 12.7 Å². The number of halogens is 1. The van der Waals surface area contributed by atoms with Gasteiger partial charge in [-0.15, -0.1) is 0 Å². The van der Waals surface area contributed by atoms with E-state index in [0.717, 1.165) is 82.4 Å². The van der Waals surface area contributed by atoms with Crippen molar-refractivity contribution in [2.45, 2.75) is 84.1 Å². The summed E-state index contributed by atoms with van der Waals surface area (Å²) >= 11 is 3.34. The van der Waals surface area contributed by atoms with Crippen molar-refractivity contribution in [1.82, 2.24) is 19.6 Å². The van der Waals surface area contributed by atoms with Gasteiger partial charge in [0.15, 0.2) is 0 Å². The molecule has 0 aromatic heterocycles. The summed E-state index contributed by atoms with van der Waals surface area (Å²) in [6.07, 6.45) is 7.21. The van der Waals surface area contributed by atoms with Gasteiger partial charge in [0.2, 0.25) is 11.8 Å². The van der Waals surface area contributed by atoms with E-state index >= 15 is 0 Å². The van der Waals surface area contributed by atoms with Crippen molar-refractivity contribution >= 4 is 51.5 Å². The lowest BCUT2D eigenvalue weighted by Crippen LogP contribution is -2.50. The highest BCUT2D eigenvalue weighted by Crippen LogP contribution is 2.34. The molecule has 0 aliphatic carbocycles. The molecule has 4 aliphatic rings. The fourth-order valence-corrected chi connectivity index (χ4v) is 8.90. The van der Waals surface area contributed by atoms with Gasteiger partial charge in [-0.2, -0.15) is 0 Å². The molecule has 2 aromatic carbocycles. The number of aromatic hydroxyl groups is 1. The molecule has 4 heterocycles. The number of carbonyl (C=O) groups is 5. The van der Waals surface area contributed by atoms with E-state index in [1.54, 1.807) is 17.9 Å². The summed E-state index contributed by atoms with van der Waals surface area (Å²) in [6, 6.07) is 13.5. The highest BCUT2D eigenvalue weighted by Gasteiger charge is 2.34. The van der Waals surface area contributed by atoms with Gasteiger partial charge in [0.1, 0.15) is 5.75 Å². The number of rotatable bonds is 9. The van der Waals surface area contributed by atoms with E-state index < -0.39 is 0 Å². The topological polar surface area (TPSA) is 149 Å². The van der Waals surface area contributed by atoms with Crippen molar-refractivity contribution in [3.05, 3.63) is 58.1 Å². The fraction of sp³-hybridized carbons (Fsp3) is 0.595. The summed E-state index contributed by atoms with van der Waals surface area (Å²) < 4.78 is 10.3. The van der Waals surface area contributed by atoms with Crippen LogP contribution >= 0.6 is 15.9 Å². The van der Waals surface area contributed by atoms with E-state index in [2.05, 4.69) is 27.3 Å². The number of nitrogens with zero attached hydrogens (tertiary/aromatic N) is 4. The number of esters is 1. The number of para-hydroxylation sites is 1. The molecule has 3 fully saturated rings. The van der Waals surface area contributed by atoms with Crippen LogP contribution in [0.1, 0.15) is 76.3 Å². The van der Waals surface area contributed by atoms with Crippen LogP contribution < -0.4 is 5.32 Å². The quantitative estimate of drug-likeness (QED) is 0.274. The molecule has 56 heavy (non-hydrogen) atoms. The number of methoxy groups -OCH3 is 1. The summed E-state index contributed by atoms with van der Waals surface area (Å²) in [5.74, 6) is 1.24. The number of urea groups is 1. The third-order valence-electron chi connectivity index (χ3n) is 11.7. The Labute approximate surface area is 339 Å². The van der Waals surface area contributed by atoms with Crippen LogP contribution in [0.3, 0.4) is 0 Å². The number of benzene rings is 2. The van der Waals surface area contributed by atoms with Gasteiger partial charge in [-0.05, 0) is 115 Å². The van der Waals surface area contributed by atoms with Crippen LogP contribution in [0.4, 0.5) is 15.3 Å². The molecule has 2 N–H and O–H groups in total. The van der Waals surface area contributed by atoms with Gasteiger partial charge in [0.25, 0.3) is 0 Å². The first-order valence-corrected chi connectivity index (χ1v) is 20.9. The smallest absolute Gasteiger partial charge is 0.409 e. The molecule has 0 saturated carbocycles. The summed E-state index contributed by atoms with van der Waals surface area (Å²) in [6.45, 7) is 9.17. The Morgan fingerprint density at radius 3 is 2.11 bits per heavy atom. The summed E-state index contributed by atoms with van der Waals surface area (Å²) in [7, 11) is 1.40. The third-order valence-corrected chi connectivity index (χ3v) is 12.3. The zero-order chi connectivity index (χ0) is 40.2. The molecule has 14 heteroatoms. The molecule has 1 atom stereocenters. The average molecular weight is 841 g/mol. The van der Waals surface area contributed by atoms with Crippen LogP contribution in [0, 0.1) is 17.8 Å². The van der Waals surface area contributed by atoms with Crippen LogP contribution in [0.15, 0.2) is 46.9 Å². The minimum absolute atomic E-state index is 0.0403. The van der Waals surface area contributed by atoms with E-state index in [-0.39, 0.29) is 60.5 Å². The van der Waals surface area contributed by atoms with Crippen molar-refractivity contribution in [3.8, 4) is 5.75 Å². The third kappa shape index (κ3) is 11.6. The zero-order valence-corrected chi connectivity index (χ0v) is 34.6. The Balaban J connectivity index is 0.000000234. The van der Waals surface area contributed by atoms with Crippen LogP contribution in [-0.2, 0) is 36.7 Å². The Morgan fingerprint density at radius 1 is 0.857 bits per heavy atom. The van der Waals surface area contributed by atoms with Gasteiger partial charge in [-0.25, -0.2) is 9.59 Å². The molecule has 6 rings (SSSR count). The highest BCUT2D eigenvalue weighted by molar-refractivity contribution is 9.10. The van der Waals surface area contributed by atoms with Gasteiger partial charge in [-0.3, -0.25) is 14.4 Å². The number of phenols is 1. The Morgan fingerprint density at radius 2 is 1.48 bits per heavy atom. The molecule has 3 saturated heterocycles. The number of carbonyl (C=O) groups excluding carboxylic acids is 5. The van der Waals surface area contributed by atoms with E-state index in [1.807, 2.05) is 52.0 Å². The van der Waals surface area contributed by atoms with Crippen molar-refractivity contribution < 1.29 is 38.6 Å². The Hall–Kier alpha value is -4.33. The van der Waals surface area contributed by atoms with Crippen LogP contribution in [0.25, 0.3) is 0 Å². The number of hydrogen-bond donors (Lipinski definition) is 2. The molecule has 13 nitrogen and oxygen atoms in total. The predicted octanol–water partition coefficient (Wildman–Crippen LogP) is 6.46. The van der Waals surface area contributed by atoms with Crippen LogP contribution in [0.2, 0.25) is 0 Å². The lowest BCUT2D eigenvalue weighted by atomic mass is 9.78. The number of hydrogen-bond acceptors (Lipinski definition) is 8. The molecule has 4 aliphatic heterocycles. The predicted molar refractivity (Wildman–Crippen MR) is 216 cm³/mol. The molecular formula is C42H58BrN5O8. The fourth-order valence-electron chi connectivity index (χ4n) is 8.47. The minimum atomic E-state index is -0.308. The van der Waals surface area contributed by atoms with Gasteiger partial charge in [0, 0.05) is 69.9 Å². The maximum Gasteiger partial charge on any atom is 0.409 e. The number of likely N-dealkylation sites (tertiary alicyclic amines) is 3. The number of piperidine rings is 3. The summed E-state index contributed by atoms with van der Waals surface area (Å²) in [5, 5.41) is 12.7. The number of phenolic OH excluding ortho intramolecular Hbond substituents is 1. The maximum absolute atomic E-state index is 13.0. The van der Waals surface area contributed by atoms with Crippen molar-refractivity contribution in [3.63, 3.8) is 0 Å². The monoisotopic (exact) mass is 839 g/mol. The second-order valence-electron chi connectivity index (χ2n) is 15.3. The number of nitrogens with one attached hydrogen (secondary N) is 1. The van der Waals surface area contributed by atoms with E-state index in [9.17, 15) is 29.1 Å². The molecule has 0 bridgehead atoms. The van der Waals surface area contributed by atoms with E-state index in [4.69, 9.17) is 9.47 Å². The van der Waals surface area contributed by atoms with Crippen molar-refractivity contribution in [2.75, 3.05) is 64.8 Å². The van der Waals surface area contributed by atoms with Gasteiger partial charge >= 0.3 is 18.1 Å². The number of ether oxygens (including phenoxy) is 2. The summed E-state index contributed by atoms with van der Waals surface area (Å²) in [5.41, 5.74) is 3.11.